The van der Waals surface area contributed by atoms with Gasteiger partial charge in [-0.25, -0.2) is 4.79 Å². The first-order valence-corrected chi connectivity index (χ1v) is 6.94. The molecule has 0 rings (SSSR count). The molecule has 0 aliphatic carbocycles. The summed E-state index contributed by atoms with van der Waals surface area (Å²) in [5.41, 5.74) is 1.89. The van der Waals surface area contributed by atoms with Crippen LogP contribution in [-0.4, -0.2) is 5.97 Å². The summed E-state index contributed by atoms with van der Waals surface area (Å²) in [6.45, 7) is 11.6. The summed E-state index contributed by atoms with van der Waals surface area (Å²) in [6, 6.07) is 0. The lowest BCUT2D eigenvalue weighted by Gasteiger charge is -2.04. The fourth-order valence-electron chi connectivity index (χ4n) is 1.41. The molecule has 0 bridgehead atoms. The summed E-state index contributed by atoms with van der Waals surface area (Å²) in [4.78, 5) is 11.6. The molecule has 0 heterocycles. The van der Waals surface area contributed by atoms with Crippen molar-refractivity contribution in [3.05, 3.63) is 60.4 Å². The first kappa shape index (κ1) is 18.2. The van der Waals surface area contributed by atoms with Crippen LogP contribution in [0.25, 0.3) is 0 Å². The number of allylic oxidation sites excluding steroid dienone is 7. The van der Waals surface area contributed by atoms with Gasteiger partial charge in [-0.05, 0) is 45.6 Å². The molecule has 0 saturated carbocycles. The minimum atomic E-state index is -0.327. The summed E-state index contributed by atoms with van der Waals surface area (Å²) < 4.78 is 5.07. The summed E-state index contributed by atoms with van der Waals surface area (Å²) in [6.07, 6.45) is 14.6. The van der Waals surface area contributed by atoms with Crippen molar-refractivity contribution >= 4 is 5.97 Å². The van der Waals surface area contributed by atoms with Gasteiger partial charge in [-0.2, -0.15) is 0 Å². The fourth-order valence-corrected chi connectivity index (χ4v) is 1.41. The highest BCUT2D eigenvalue weighted by molar-refractivity contribution is 5.88. The number of esters is 1. The Morgan fingerprint density at radius 1 is 1.25 bits per heavy atom. The molecule has 0 aliphatic heterocycles. The largest absolute Gasteiger partial charge is 0.431 e. The van der Waals surface area contributed by atoms with Crippen LogP contribution in [0.2, 0.25) is 0 Å². The van der Waals surface area contributed by atoms with E-state index in [1.165, 1.54) is 11.8 Å². The van der Waals surface area contributed by atoms with E-state index in [2.05, 4.69) is 33.4 Å². The monoisotopic (exact) mass is 274 g/mol. The normalized spacial score (nSPS) is 13.5. The molecular weight excluding hydrogens is 248 g/mol. The minimum Gasteiger partial charge on any atom is -0.431 e. The Morgan fingerprint density at radius 3 is 2.55 bits per heavy atom. The molecule has 110 valence electrons. The van der Waals surface area contributed by atoms with Crippen LogP contribution in [0.15, 0.2) is 60.4 Å². The SMILES string of the molecule is C=C/C=C\C=C(/C)C(=O)O/C=C/C(C)CCC=C(C)C. The van der Waals surface area contributed by atoms with E-state index in [-0.39, 0.29) is 5.97 Å². The number of carbonyl (C=O) groups excluding carboxylic acids is 1. The average molecular weight is 274 g/mol. The third-order valence-corrected chi connectivity index (χ3v) is 2.67. The van der Waals surface area contributed by atoms with Gasteiger partial charge < -0.3 is 4.74 Å². The molecule has 2 nitrogen and oxygen atoms in total. The molecule has 0 aromatic carbocycles. The van der Waals surface area contributed by atoms with Gasteiger partial charge in [-0.1, -0.05) is 49.5 Å². The molecule has 20 heavy (non-hydrogen) atoms. The maximum atomic E-state index is 11.6. The third-order valence-electron chi connectivity index (χ3n) is 2.67. The Kier molecular flexibility index (Phi) is 10.0. The van der Waals surface area contributed by atoms with E-state index in [0.29, 0.717) is 11.5 Å². The van der Waals surface area contributed by atoms with Crippen molar-refractivity contribution in [2.75, 3.05) is 0 Å². The highest BCUT2D eigenvalue weighted by atomic mass is 16.5. The van der Waals surface area contributed by atoms with Gasteiger partial charge >= 0.3 is 5.97 Å². The van der Waals surface area contributed by atoms with Crippen LogP contribution in [0.4, 0.5) is 0 Å². The lowest BCUT2D eigenvalue weighted by Crippen LogP contribution is -2.01. The molecule has 0 N–H and O–H groups in total. The summed E-state index contributed by atoms with van der Waals surface area (Å²) in [5.74, 6) is 0.0646. The van der Waals surface area contributed by atoms with Crippen molar-refractivity contribution in [2.45, 2.75) is 40.5 Å². The molecule has 0 aromatic rings. The molecule has 0 amide bonds. The van der Waals surface area contributed by atoms with Crippen molar-refractivity contribution in [1.82, 2.24) is 0 Å². The van der Waals surface area contributed by atoms with Gasteiger partial charge in [0.1, 0.15) is 0 Å². The molecule has 1 unspecified atom stereocenters. The van der Waals surface area contributed by atoms with Crippen molar-refractivity contribution in [3.8, 4) is 0 Å². The number of carbonyl (C=O) groups is 1. The Labute approximate surface area is 123 Å². The van der Waals surface area contributed by atoms with Crippen molar-refractivity contribution < 1.29 is 9.53 Å². The van der Waals surface area contributed by atoms with E-state index in [0.717, 1.165) is 12.8 Å². The lowest BCUT2D eigenvalue weighted by atomic mass is 10.1. The Bertz CT molecular complexity index is 419. The average Bonchev–Trinajstić information content (AvgIpc) is 2.38. The second-order valence-electron chi connectivity index (χ2n) is 5.04. The van der Waals surface area contributed by atoms with Gasteiger partial charge in [-0.15, -0.1) is 0 Å². The lowest BCUT2D eigenvalue weighted by molar-refractivity contribution is -0.133. The van der Waals surface area contributed by atoms with E-state index in [1.54, 1.807) is 31.2 Å². The fraction of sp³-hybridized carbons (Fsp3) is 0.389. The van der Waals surface area contributed by atoms with Crippen LogP contribution in [-0.2, 0) is 9.53 Å². The van der Waals surface area contributed by atoms with E-state index in [9.17, 15) is 4.79 Å². The van der Waals surface area contributed by atoms with Gasteiger partial charge in [0, 0.05) is 5.57 Å². The first-order chi connectivity index (χ1) is 9.47. The molecular formula is C18H26O2. The molecule has 0 fully saturated rings. The molecule has 0 spiro atoms. The quantitative estimate of drug-likeness (QED) is 0.202. The molecule has 0 aromatic heterocycles. The number of ether oxygens (including phenoxy) is 1. The van der Waals surface area contributed by atoms with Crippen LogP contribution < -0.4 is 0 Å². The highest BCUT2D eigenvalue weighted by Gasteiger charge is 2.02. The van der Waals surface area contributed by atoms with E-state index in [4.69, 9.17) is 4.74 Å². The topological polar surface area (TPSA) is 26.3 Å². The summed E-state index contributed by atoms with van der Waals surface area (Å²) in [5, 5.41) is 0. The van der Waals surface area contributed by atoms with E-state index >= 15 is 0 Å². The number of hydrogen-bond donors (Lipinski definition) is 0. The molecule has 0 aliphatic rings. The molecule has 1 atom stereocenters. The van der Waals surface area contributed by atoms with Crippen LogP contribution in [0.1, 0.15) is 40.5 Å². The number of rotatable bonds is 8. The Balaban J connectivity index is 4.13. The van der Waals surface area contributed by atoms with Crippen molar-refractivity contribution in [3.63, 3.8) is 0 Å². The van der Waals surface area contributed by atoms with Crippen LogP contribution >= 0.6 is 0 Å². The molecule has 0 radical (unpaired) electrons. The van der Waals surface area contributed by atoms with Crippen LogP contribution in [0, 0.1) is 5.92 Å². The zero-order valence-corrected chi connectivity index (χ0v) is 13.1. The van der Waals surface area contributed by atoms with Gasteiger partial charge in [0.15, 0.2) is 0 Å². The highest BCUT2D eigenvalue weighted by Crippen LogP contribution is 2.09. The predicted octanol–water partition coefficient (Wildman–Crippen LogP) is 5.11. The van der Waals surface area contributed by atoms with Crippen molar-refractivity contribution in [2.24, 2.45) is 5.92 Å². The second-order valence-corrected chi connectivity index (χ2v) is 5.04. The predicted molar refractivity (Wildman–Crippen MR) is 86.2 cm³/mol. The smallest absolute Gasteiger partial charge is 0.338 e. The van der Waals surface area contributed by atoms with Gasteiger partial charge in [-0.3, -0.25) is 0 Å². The maximum Gasteiger partial charge on any atom is 0.338 e. The van der Waals surface area contributed by atoms with Gasteiger partial charge in [0.2, 0.25) is 0 Å². The van der Waals surface area contributed by atoms with E-state index in [1.807, 2.05) is 6.08 Å². The summed E-state index contributed by atoms with van der Waals surface area (Å²) in [7, 11) is 0. The van der Waals surface area contributed by atoms with E-state index < -0.39 is 0 Å². The molecule has 0 saturated heterocycles. The van der Waals surface area contributed by atoms with Crippen LogP contribution in [0.3, 0.4) is 0 Å². The third kappa shape index (κ3) is 10.1. The minimum absolute atomic E-state index is 0.327. The maximum absolute atomic E-state index is 11.6. The first-order valence-electron chi connectivity index (χ1n) is 6.94. The number of hydrogen-bond acceptors (Lipinski definition) is 2. The molecule has 2 heteroatoms. The Hall–Kier alpha value is -1.83. The zero-order valence-electron chi connectivity index (χ0n) is 13.1. The van der Waals surface area contributed by atoms with Gasteiger partial charge in [0.05, 0.1) is 6.26 Å². The van der Waals surface area contributed by atoms with Crippen LogP contribution in [0.5, 0.6) is 0 Å². The zero-order chi connectivity index (χ0) is 15.4. The summed E-state index contributed by atoms with van der Waals surface area (Å²) >= 11 is 0. The Morgan fingerprint density at radius 2 is 1.95 bits per heavy atom. The van der Waals surface area contributed by atoms with Gasteiger partial charge in [0.25, 0.3) is 0 Å². The standard InChI is InChI=1S/C18H26O2/c1-6-7-8-12-17(5)18(19)20-14-13-16(4)11-9-10-15(2)3/h6-8,10,12-14,16H,1,9,11H2,2-5H3/b8-7-,14-13+,17-12+. The van der Waals surface area contributed by atoms with Crippen molar-refractivity contribution in [1.29, 1.82) is 0 Å². The second kappa shape index (κ2) is 11.0.